The number of carbonyl (C=O) groups excluding carboxylic acids is 1. The fraction of sp³-hybridized carbons (Fsp3) is 0.588. The summed E-state index contributed by atoms with van der Waals surface area (Å²) in [6.07, 6.45) is 5.92. The van der Waals surface area contributed by atoms with Crippen LogP contribution in [-0.2, 0) is 11.3 Å². The van der Waals surface area contributed by atoms with Gasteiger partial charge in [-0.3, -0.25) is 0 Å². The summed E-state index contributed by atoms with van der Waals surface area (Å²) in [5, 5.41) is 5.73. The van der Waals surface area contributed by atoms with Crippen molar-refractivity contribution in [3.8, 4) is 11.5 Å². The van der Waals surface area contributed by atoms with Crippen LogP contribution in [0.4, 0.5) is 4.79 Å². The van der Waals surface area contributed by atoms with Gasteiger partial charge in [0.25, 0.3) is 0 Å². The van der Waals surface area contributed by atoms with E-state index in [1.807, 2.05) is 18.2 Å². The van der Waals surface area contributed by atoms with Crippen molar-refractivity contribution in [1.82, 2.24) is 10.6 Å². The molecule has 3 rings (SSSR count). The van der Waals surface area contributed by atoms with E-state index < -0.39 is 0 Å². The van der Waals surface area contributed by atoms with E-state index in [1.165, 1.54) is 12.8 Å². The molecule has 2 aliphatic heterocycles. The summed E-state index contributed by atoms with van der Waals surface area (Å²) in [6.45, 7) is 2.28. The average molecular weight is 320 g/mol. The minimum Gasteiger partial charge on any atom is -0.454 e. The van der Waals surface area contributed by atoms with Gasteiger partial charge in [0.15, 0.2) is 11.5 Å². The monoisotopic (exact) mass is 320 g/mol. The van der Waals surface area contributed by atoms with Gasteiger partial charge in [-0.25, -0.2) is 4.79 Å². The molecule has 1 fully saturated rings. The Morgan fingerprint density at radius 2 is 2.09 bits per heavy atom. The molecule has 6 nitrogen and oxygen atoms in total. The molecular weight excluding hydrogens is 296 g/mol. The van der Waals surface area contributed by atoms with Crippen LogP contribution >= 0.6 is 0 Å². The SMILES string of the molecule is O=C(NCCC[C@H]1CCCCO1)NCc1ccc2c(c1)OCO2. The van der Waals surface area contributed by atoms with Crippen molar-refractivity contribution < 1.29 is 19.0 Å². The second kappa shape index (κ2) is 8.06. The second-order valence-electron chi connectivity index (χ2n) is 5.93. The quantitative estimate of drug-likeness (QED) is 0.791. The minimum absolute atomic E-state index is 0.146. The van der Waals surface area contributed by atoms with Crippen LogP contribution in [0.3, 0.4) is 0 Å². The van der Waals surface area contributed by atoms with Crippen LogP contribution in [0, 0.1) is 0 Å². The van der Waals surface area contributed by atoms with E-state index in [1.54, 1.807) is 0 Å². The summed E-state index contributed by atoms with van der Waals surface area (Å²) < 4.78 is 16.3. The molecule has 6 heteroatoms. The van der Waals surface area contributed by atoms with Crippen molar-refractivity contribution in [2.45, 2.75) is 44.8 Å². The van der Waals surface area contributed by atoms with Crippen molar-refractivity contribution in [2.75, 3.05) is 19.9 Å². The maximum atomic E-state index is 11.8. The molecule has 0 radical (unpaired) electrons. The molecule has 1 aromatic rings. The first-order valence-corrected chi connectivity index (χ1v) is 8.33. The molecule has 126 valence electrons. The van der Waals surface area contributed by atoms with E-state index in [0.29, 0.717) is 19.2 Å². The third kappa shape index (κ3) is 4.76. The molecule has 2 amide bonds. The highest BCUT2D eigenvalue weighted by molar-refractivity contribution is 5.73. The lowest BCUT2D eigenvalue weighted by atomic mass is 10.0. The zero-order chi connectivity index (χ0) is 15.9. The van der Waals surface area contributed by atoms with Gasteiger partial charge in [0.1, 0.15) is 0 Å². The molecule has 1 aromatic carbocycles. The van der Waals surface area contributed by atoms with Gasteiger partial charge in [0.2, 0.25) is 6.79 Å². The van der Waals surface area contributed by atoms with E-state index >= 15 is 0 Å². The highest BCUT2D eigenvalue weighted by atomic mass is 16.7. The lowest BCUT2D eigenvalue weighted by Crippen LogP contribution is -2.35. The predicted octanol–water partition coefficient (Wildman–Crippen LogP) is 2.56. The molecule has 2 heterocycles. The first-order valence-electron chi connectivity index (χ1n) is 8.33. The second-order valence-corrected chi connectivity index (χ2v) is 5.93. The highest BCUT2D eigenvalue weighted by Gasteiger charge is 2.14. The zero-order valence-corrected chi connectivity index (χ0v) is 13.3. The van der Waals surface area contributed by atoms with E-state index in [2.05, 4.69) is 10.6 Å². The summed E-state index contributed by atoms with van der Waals surface area (Å²) in [5.41, 5.74) is 0.986. The maximum Gasteiger partial charge on any atom is 0.315 e. The van der Waals surface area contributed by atoms with Gasteiger partial charge in [-0.05, 0) is 49.8 Å². The number of carbonyl (C=O) groups is 1. The molecule has 0 unspecified atom stereocenters. The standard InChI is InChI=1S/C17H24N2O4/c20-17(18-8-3-5-14-4-1-2-9-21-14)19-11-13-6-7-15-16(10-13)23-12-22-15/h6-7,10,14H,1-5,8-9,11-12H2,(H2,18,19,20)/t14-/m1/s1. The van der Waals surface area contributed by atoms with E-state index in [9.17, 15) is 4.79 Å². The lowest BCUT2D eigenvalue weighted by Gasteiger charge is -2.22. The van der Waals surface area contributed by atoms with Gasteiger partial charge in [0.05, 0.1) is 6.10 Å². The minimum atomic E-state index is -0.146. The molecule has 1 atom stereocenters. The topological polar surface area (TPSA) is 68.8 Å². The summed E-state index contributed by atoms with van der Waals surface area (Å²) in [4.78, 5) is 11.8. The molecule has 2 aliphatic rings. The Kier molecular flexibility index (Phi) is 5.58. The van der Waals surface area contributed by atoms with E-state index in [4.69, 9.17) is 14.2 Å². The van der Waals surface area contributed by atoms with Crippen molar-refractivity contribution in [3.63, 3.8) is 0 Å². The van der Waals surface area contributed by atoms with Gasteiger partial charge < -0.3 is 24.8 Å². The van der Waals surface area contributed by atoms with Crippen molar-refractivity contribution in [1.29, 1.82) is 0 Å². The summed E-state index contributed by atoms with van der Waals surface area (Å²) in [5.74, 6) is 1.49. The summed E-state index contributed by atoms with van der Waals surface area (Å²) in [7, 11) is 0. The molecule has 0 aliphatic carbocycles. The number of rotatable bonds is 6. The first kappa shape index (κ1) is 15.9. The number of hydrogen-bond donors (Lipinski definition) is 2. The lowest BCUT2D eigenvalue weighted by molar-refractivity contribution is 0.0103. The Hall–Kier alpha value is -1.95. The number of urea groups is 1. The zero-order valence-electron chi connectivity index (χ0n) is 13.3. The number of benzene rings is 1. The Morgan fingerprint density at radius 1 is 1.17 bits per heavy atom. The third-order valence-corrected chi connectivity index (χ3v) is 4.15. The predicted molar refractivity (Wildman–Crippen MR) is 85.6 cm³/mol. The molecule has 2 N–H and O–H groups in total. The van der Waals surface area contributed by atoms with Crippen molar-refractivity contribution >= 4 is 6.03 Å². The van der Waals surface area contributed by atoms with Gasteiger partial charge in [-0.15, -0.1) is 0 Å². The average Bonchev–Trinajstić information content (AvgIpc) is 3.05. The van der Waals surface area contributed by atoms with Crippen LogP contribution in [0.15, 0.2) is 18.2 Å². The number of hydrogen-bond acceptors (Lipinski definition) is 4. The summed E-state index contributed by atoms with van der Waals surface area (Å²) >= 11 is 0. The molecule has 0 spiro atoms. The molecule has 1 saturated heterocycles. The number of ether oxygens (including phenoxy) is 3. The number of nitrogens with one attached hydrogen (secondary N) is 2. The molecule has 0 bridgehead atoms. The normalized spacial score (nSPS) is 19.4. The van der Waals surface area contributed by atoms with E-state index in [-0.39, 0.29) is 12.8 Å². The van der Waals surface area contributed by atoms with Crippen LogP contribution in [0.1, 0.15) is 37.7 Å². The van der Waals surface area contributed by atoms with E-state index in [0.717, 1.165) is 42.9 Å². The Balaban J connectivity index is 1.30. The smallest absolute Gasteiger partial charge is 0.315 e. The third-order valence-electron chi connectivity index (χ3n) is 4.15. The van der Waals surface area contributed by atoms with Crippen LogP contribution < -0.4 is 20.1 Å². The Morgan fingerprint density at radius 3 is 2.96 bits per heavy atom. The van der Waals surface area contributed by atoms with Gasteiger partial charge in [0, 0.05) is 19.7 Å². The number of fused-ring (bicyclic) bond motifs is 1. The first-order chi connectivity index (χ1) is 11.3. The Bertz CT molecular complexity index is 529. The number of amides is 2. The Labute approximate surface area is 136 Å². The summed E-state index contributed by atoms with van der Waals surface area (Å²) in [6, 6.07) is 5.53. The van der Waals surface area contributed by atoms with Crippen LogP contribution in [0.5, 0.6) is 11.5 Å². The fourth-order valence-corrected chi connectivity index (χ4v) is 2.86. The molecule has 0 saturated carbocycles. The van der Waals surface area contributed by atoms with Gasteiger partial charge in [-0.1, -0.05) is 6.07 Å². The molecule has 23 heavy (non-hydrogen) atoms. The fourth-order valence-electron chi connectivity index (χ4n) is 2.86. The van der Waals surface area contributed by atoms with Gasteiger partial charge in [-0.2, -0.15) is 0 Å². The van der Waals surface area contributed by atoms with Gasteiger partial charge >= 0.3 is 6.03 Å². The highest BCUT2D eigenvalue weighted by Crippen LogP contribution is 2.32. The largest absolute Gasteiger partial charge is 0.454 e. The molecule has 0 aromatic heterocycles. The van der Waals surface area contributed by atoms with Crippen LogP contribution in [0.2, 0.25) is 0 Å². The van der Waals surface area contributed by atoms with Crippen molar-refractivity contribution in [3.05, 3.63) is 23.8 Å². The van der Waals surface area contributed by atoms with Crippen LogP contribution in [0.25, 0.3) is 0 Å². The van der Waals surface area contributed by atoms with Crippen molar-refractivity contribution in [2.24, 2.45) is 0 Å². The molecular formula is C17H24N2O4. The van der Waals surface area contributed by atoms with Crippen LogP contribution in [-0.4, -0.2) is 32.1 Å². The maximum absolute atomic E-state index is 11.8.